The number of aliphatic hydroxyl groups is 1. The van der Waals surface area contributed by atoms with Gasteiger partial charge in [-0.3, -0.25) is 9.88 Å². The molecule has 1 aliphatic heterocycles. The van der Waals surface area contributed by atoms with Crippen LogP contribution in [0.25, 0.3) is 11.3 Å². The number of urea groups is 1. The van der Waals surface area contributed by atoms with Crippen LogP contribution in [0.15, 0.2) is 66.9 Å². The second-order valence-corrected chi connectivity index (χ2v) is 12.6. The number of aromatic nitrogens is 1. The van der Waals surface area contributed by atoms with Gasteiger partial charge in [-0.1, -0.05) is 24.3 Å². The molecule has 0 radical (unpaired) electrons. The van der Waals surface area contributed by atoms with Gasteiger partial charge in [0.15, 0.2) is 0 Å². The van der Waals surface area contributed by atoms with Crippen LogP contribution in [0.5, 0.6) is 5.75 Å². The highest BCUT2D eigenvalue weighted by atomic mass is 16.5. The monoisotopic (exact) mass is 538 g/mol. The summed E-state index contributed by atoms with van der Waals surface area (Å²) in [5, 5.41) is 14.4. The molecule has 208 valence electrons. The SMILES string of the molecule is CC(C)Oc1ccc(-c2ccc(N3CCN(C(=O)NC4C5CC6CC4CC(O)(C6)C5)c4ccccc43)cc2)nc1. The van der Waals surface area contributed by atoms with E-state index in [1.165, 1.54) is 0 Å². The molecular weight excluding hydrogens is 500 g/mol. The number of carbonyl (C=O) groups is 1. The molecule has 40 heavy (non-hydrogen) atoms. The molecule has 4 bridgehead atoms. The molecule has 7 nitrogen and oxygen atoms in total. The van der Waals surface area contributed by atoms with Gasteiger partial charge in [-0.15, -0.1) is 0 Å². The van der Waals surface area contributed by atoms with E-state index in [0.717, 1.165) is 66.2 Å². The van der Waals surface area contributed by atoms with Crippen molar-refractivity contribution in [3.63, 3.8) is 0 Å². The van der Waals surface area contributed by atoms with Crippen LogP contribution in [0.4, 0.5) is 21.9 Å². The summed E-state index contributed by atoms with van der Waals surface area (Å²) >= 11 is 0. The summed E-state index contributed by atoms with van der Waals surface area (Å²) in [6.07, 6.45) is 6.77. The molecule has 5 aliphatic rings. The molecule has 1 aromatic heterocycles. The minimum absolute atomic E-state index is 0.0112. The van der Waals surface area contributed by atoms with Crippen LogP contribution in [0.2, 0.25) is 0 Å². The summed E-state index contributed by atoms with van der Waals surface area (Å²) in [7, 11) is 0. The molecule has 4 fully saturated rings. The minimum atomic E-state index is -0.493. The summed E-state index contributed by atoms with van der Waals surface area (Å²) in [5.41, 5.74) is 4.51. The lowest BCUT2D eigenvalue weighted by Crippen LogP contribution is -2.63. The quantitative estimate of drug-likeness (QED) is 0.408. The van der Waals surface area contributed by atoms with Crippen LogP contribution < -0.4 is 19.9 Å². The van der Waals surface area contributed by atoms with Gasteiger partial charge in [0.2, 0.25) is 0 Å². The summed E-state index contributed by atoms with van der Waals surface area (Å²) in [6.45, 7) is 5.33. The summed E-state index contributed by atoms with van der Waals surface area (Å²) < 4.78 is 5.72. The predicted molar refractivity (Wildman–Crippen MR) is 157 cm³/mol. The Morgan fingerprint density at radius 3 is 2.35 bits per heavy atom. The third-order valence-corrected chi connectivity index (χ3v) is 9.37. The fourth-order valence-corrected chi connectivity index (χ4v) is 7.98. The molecule has 2 amide bonds. The van der Waals surface area contributed by atoms with Crippen molar-refractivity contribution >= 4 is 23.1 Å². The Balaban J connectivity index is 1.07. The van der Waals surface area contributed by atoms with E-state index < -0.39 is 5.60 Å². The van der Waals surface area contributed by atoms with Gasteiger partial charge >= 0.3 is 6.03 Å². The number of nitrogens with one attached hydrogen (secondary N) is 1. The lowest BCUT2D eigenvalue weighted by molar-refractivity contribution is -0.136. The first-order valence-electron chi connectivity index (χ1n) is 14.8. The Bertz CT molecular complexity index is 1370. The molecule has 0 saturated heterocycles. The molecule has 2 unspecified atom stereocenters. The van der Waals surface area contributed by atoms with Crippen LogP contribution in [0.3, 0.4) is 0 Å². The fraction of sp³-hybridized carbons (Fsp3) is 0.455. The third kappa shape index (κ3) is 4.60. The van der Waals surface area contributed by atoms with Crippen LogP contribution in [-0.4, -0.2) is 47.0 Å². The number of para-hydroxylation sites is 2. The number of benzene rings is 2. The average molecular weight is 539 g/mol. The standard InChI is InChI=1S/C33H38N4O3/c1-21(2)40-27-11-12-28(34-20-27)23-7-9-26(10-8-23)36-13-14-37(30-6-4-3-5-29(30)36)32(38)35-31-24-15-22-16-25(31)19-33(39,17-22)18-24/h3-12,20-22,24-25,31,39H,13-19H2,1-2H3,(H,35,38). The first-order chi connectivity index (χ1) is 19.3. The van der Waals surface area contributed by atoms with Crippen molar-refractivity contribution in [1.82, 2.24) is 10.3 Å². The molecule has 4 aliphatic carbocycles. The highest BCUT2D eigenvalue weighted by Gasteiger charge is 2.55. The second-order valence-electron chi connectivity index (χ2n) is 12.6. The average Bonchev–Trinajstić information content (AvgIpc) is 2.94. The van der Waals surface area contributed by atoms with Gasteiger partial charge in [-0.25, -0.2) is 4.79 Å². The molecule has 8 rings (SSSR count). The number of hydrogen-bond acceptors (Lipinski definition) is 5. The molecule has 2 N–H and O–H groups in total. The number of pyridine rings is 1. The first kappa shape index (κ1) is 25.4. The van der Waals surface area contributed by atoms with Crippen LogP contribution >= 0.6 is 0 Å². The molecule has 4 saturated carbocycles. The number of nitrogens with zero attached hydrogens (tertiary/aromatic N) is 3. The minimum Gasteiger partial charge on any atom is -0.489 e. The number of hydrogen-bond donors (Lipinski definition) is 2. The highest BCUT2D eigenvalue weighted by molar-refractivity contribution is 5.98. The molecule has 0 spiro atoms. The third-order valence-electron chi connectivity index (χ3n) is 9.37. The number of rotatable bonds is 5. The van der Waals surface area contributed by atoms with Gasteiger partial charge in [0.25, 0.3) is 0 Å². The Labute approximate surface area is 236 Å². The first-order valence-corrected chi connectivity index (χ1v) is 14.8. The van der Waals surface area contributed by atoms with Crippen molar-refractivity contribution in [3.05, 3.63) is 66.9 Å². The predicted octanol–water partition coefficient (Wildman–Crippen LogP) is 6.14. The smallest absolute Gasteiger partial charge is 0.322 e. The maximum atomic E-state index is 13.7. The molecular formula is C33H38N4O3. The van der Waals surface area contributed by atoms with Crippen molar-refractivity contribution in [3.8, 4) is 17.0 Å². The Morgan fingerprint density at radius 1 is 0.975 bits per heavy atom. The number of fused-ring (bicyclic) bond motifs is 1. The van der Waals surface area contributed by atoms with Gasteiger partial charge in [0.05, 0.1) is 35.0 Å². The van der Waals surface area contributed by atoms with Crippen LogP contribution in [0.1, 0.15) is 46.0 Å². The number of ether oxygens (including phenoxy) is 1. The maximum Gasteiger partial charge on any atom is 0.322 e. The summed E-state index contributed by atoms with van der Waals surface area (Å²) in [4.78, 5) is 22.5. The van der Waals surface area contributed by atoms with Crippen molar-refractivity contribution in [2.75, 3.05) is 22.9 Å². The largest absolute Gasteiger partial charge is 0.489 e. The lowest BCUT2D eigenvalue weighted by atomic mass is 9.52. The van der Waals surface area contributed by atoms with Gasteiger partial charge in [0, 0.05) is 30.4 Å². The van der Waals surface area contributed by atoms with Gasteiger partial charge in [-0.05, 0) is 100 Å². The Kier molecular flexibility index (Phi) is 6.22. The number of anilines is 3. The van der Waals surface area contributed by atoms with E-state index in [0.29, 0.717) is 30.8 Å². The zero-order valence-electron chi connectivity index (χ0n) is 23.3. The zero-order chi connectivity index (χ0) is 27.4. The Morgan fingerprint density at radius 2 is 1.70 bits per heavy atom. The maximum absolute atomic E-state index is 13.7. The van der Waals surface area contributed by atoms with Gasteiger partial charge < -0.3 is 20.1 Å². The van der Waals surface area contributed by atoms with Crippen molar-refractivity contribution in [2.24, 2.45) is 17.8 Å². The normalized spacial score (nSPS) is 28.5. The molecule has 2 atom stereocenters. The van der Waals surface area contributed by atoms with E-state index in [9.17, 15) is 9.90 Å². The van der Waals surface area contributed by atoms with E-state index in [1.54, 1.807) is 6.20 Å². The highest BCUT2D eigenvalue weighted by Crippen LogP contribution is 2.55. The van der Waals surface area contributed by atoms with E-state index in [-0.39, 0.29) is 18.2 Å². The van der Waals surface area contributed by atoms with Crippen LogP contribution in [0, 0.1) is 17.8 Å². The van der Waals surface area contributed by atoms with E-state index >= 15 is 0 Å². The number of amides is 2. The van der Waals surface area contributed by atoms with Gasteiger partial charge in [-0.2, -0.15) is 0 Å². The second kappa shape index (κ2) is 9.81. The molecule has 7 heteroatoms. The summed E-state index contributed by atoms with van der Waals surface area (Å²) in [6, 6.07) is 20.7. The molecule has 3 aromatic rings. The van der Waals surface area contributed by atoms with Crippen molar-refractivity contribution < 1.29 is 14.6 Å². The van der Waals surface area contributed by atoms with E-state index in [2.05, 4.69) is 45.5 Å². The molecule has 2 aromatic carbocycles. The van der Waals surface area contributed by atoms with Crippen molar-refractivity contribution in [1.29, 1.82) is 0 Å². The van der Waals surface area contributed by atoms with E-state index in [1.807, 2.05) is 49.1 Å². The fourth-order valence-electron chi connectivity index (χ4n) is 7.98. The van der Waals surface area contributed by atoms with Crippen molar-refractivity contribution in [2.45, 2.75) is 63.7 Å². The van der Waals surface area contributed by atoms with E-state index in [4.69, 9.17) is 4.74 Å². The zero-order valence-corrected chi connectivity index (χ0v) is 23.3. The topological polar surface area (TPSA) is 77.9 Å². The lowest BCUT2D eigenvalue weighted by Gasteiger charge is -2.58. The number of carbonyl (C=O) groups excluding carboxylic acids is 1. The van der Waals surface area contributed by atoms with Crippen LogP contribution in [-0.2, 0) is 0 Å². The summed E-state index contributed by atoms with van der Waals surface area (Å²) in [5.74, 6) is 2.18. The Hall–Kier alpha value is -3.58. The molecule has 2 heterocycles. The van der Waals surface area contributed by atoms with Gasteiger partial charge in [0.1, 0.15) is 5.75 Å².